The van der Waals surface area contributed by atoms with Crippen LogP contribution < -0.4 is 10.3 Å². The van der Waals surface area contributed by atoms with Gasteiger partial charge in [0.15, 0.2) is 0 Å². The monoisotopic (exact) mass is 491 g/mol. The average Bonchev–Trinajstić information content (AvgIpc) is 2.99. The summed E-state index contributed by atoms with van der Waals surface area (Å²) in [5.74, 6) is -0.758. The third kappa shape index (κ3) is 5.10. The van der Waals surface area contributed by atoms with Crippen LogP contribution in [0.3, 0.4) is 0 Å². The molecule has 2 aromatic rings. The summed E-state index contributed by atoms with van der Waals surface area (Å²) in [4.78, 5) is 41.2. The molecule has 2 aliphatic heterocycles. The van der Waals surface area contributed by atoms with Crippen LogP contribution in [0.5, 0.6) is 5.75 Å². The molecule has 8 nitrogen and oxygen atoms in total. The van der Waals surface area contributed by atoms with E-state index < -0.39 is 11.8 Å². The Morgan fingerprint density at radius 2 is 2.00 bits per heavy atom. The van der Waals surface area contributed by atoms with Gasteiger partial charge in [-0.1, -0.05) is 17.7 Å². The molecule has 0 N–H and O–H groups in total. The molecule has 2 aliphatic rings. The summed E-state index contributed by atoms with van der Waals surface area (Å²) >= 11 is 6.19. The molecule has 0 spiro atoms. The van der Waals surface area contributed by atoms with Gasteiger partial charge in [0, 0.05) is 75.3 Å². The number of carbonyl (C=O) groups is 2. The van der Waals surface area contributed by atoms with E-state index in [4.69, 9.17) is 21.1 Å². The molecule has 1 amide bonds. The van der Waals surface area contributed by atoms with Gasteiger partial charge in [0.25, 0.3) is 5.56 Å². The molecule has 0 aliphatic carbocycles. The summed E-state index contributed by atoms with van der Waals surface area (Å²) in [7, 11) is 3.03. The van der Waals surface area contributed by atoms with Gasteiger partial charge in [-0.25, -0.2) is 9.18 Å². The zero-order valence-electron chi connectivity index (χ0n) is 19.2. The van der Waals surface area contributed by atoms with E-state index in [2.05, 4.69) is 4.90 Å². The second kappa shape index (κ2) is 10.1. The molecule has 0 radical (unpaired) electrons. The van der Waals surface area contributed by atoms with Crippen LogP contribution >= 0.6 is 11.6 Å². The van der Waals surface area contributed by atoms with E-state index in [1.165, 1.54) is 25.3 Å². The first-order chi connectivity index (χ1) is 16.3. The van der Waals surface area contributed by atoms with Crippen molar-refractivity contribution in [3.8, 4) is 5.75 Å². The highest BCUT2D eigenvalue weighted by Crippen LogP contribution is 2.27. The number of amides is 1. The van der Waals surface area contributed by atoms with Crippen molar-refractivity contribution >= 4 is 23.5 Å². The summed E-state index contributed by atoms with van der Waals surface area (Å²) in [5, 5.41) is 0.348. The van der Waals surface area contributed by atoms with Crippen LogP contribution in [-0.2, 0) is 29.0 Å². The Labute approximate surface area is 201 Å². The van der Waals surface area contributed by atoms with Crippen molar-refractivity contribution < 1.29 is 23.5 Å². The Balaban J connectivity index is 1.57. The maximum absolute atomic E-state index is 13.4. The lowest BCUT2D eigenvalue weighted by molar-refractivity contribution is -0.126. The smallest absolute Gasteiger partial charge is 0.343 e. The number of benzene rings is 1. The van der Waals surface area contributed by atoms with Crippen LogP contribution in [0.1, 0.15) is 28.0 Å². The first-order valence-electron chi connectivity index (χ1n) is 11.1. The summed E-state index contributed by atoms with van der Waals surface area (Å²) in [6, 6.07) is 5.62. The predicted octanol–water partition coefficient (Wildman–Crippen LogP) is 2.34. The highest BCUT2D eigenvalue weighted by atomic mass is 35.5. The van der Waals surface area contributed by atoms with Gasteiger partial charge in [-0.3, -0.25) is 14.5 Å². The van der Waals surface area contributed by atoms with E-state index in [1.807, 2.05) is 0 Å². The number of hydrogen-bond donors (Lipinski definition) is 0. The largest absolute Gasteiger partial charge is 0.492 e. The van der Waals surface area contributed by atoms with E-state index in [9.17, 15) is 18.8 Å². The third-order valence-corrected chi connectivity index (χ3v) is 6.73. The summed E-state index contributed by atoms with van der Waals surface area (Å²) in [5.41, 5.74) is 1.32. The fraction of sp³-hybridized carbons (Fsp3) is 0.458. The van der Waals surface area contributed by atoms with E-state index in [1.54, 1.807) is 22.6 Å². The third-order valence-electron chi connectivity index (χ3n) is 6.38. The topological polar surface area (TPSA) is 81.1 Å². The number of carbonyl (C=O) groups excluding carboxylic acids is 2. The van der Waals surface area contributed by atoms with E-state index in [0.717, 1.165) is 5.56 Å². The number of aromatic nitrogens is 1. The number of hydrogen-bond acceptors (Lipinski definition) is 6. The molecule has 1 saturated heterocycles. The summed E-state index contributed by atoms with van der Waals surface area (Å²) in [6.07, 6.45) is 0.787. The van der Waals surface area contributed by atoms with Crippen LogP contribution in [0.25, 0.3) is 0 Å². The highest BCUT2D eigenvalue weighted by molar-refractivity contribution is 6.31. The van der Waals surface area contributed by atoms with Gasteiger partial charge < -0.3 is 18.9 Å². The molecule has 1 fully saturated rings. The first kappa shape index (κ1) is 24.2. The van der Waals surface area contributed by atoms with E-state index >= 15 is 0 Å². The molecule has 1 aromatic heterocycles. The van der Waals surface area contributed by atoms with Gasteiger partial charge in [-0.15, -0.1) is 0 Å². The molecular weight excluding hydrogens is 465 g/mol. The Bertz CT molecular complexity index is 1170. The highest BCUT2D eigenvalue weighted by Gasteiger charge is 2.30. The lowest BCUT2D eigenvalue weighted by Gasteiger charge is -2.20. The van der Waals surface area contributed by atoms with E-state index in [0.29, 0.717) is 56.3 Å². The Morgan fingerprint density at radius 3 is 2.68 bits per heavy atom. The fourth-order valence-corrected chi connectivity index (χ4v) is 4.78. The molecule has 3 heterocycles. The second-order valence-corrected chi connectivity index (χ2v) is 9.14. The number of fused-ring (bicyclic) bond motifs is 1. The lowest BCUT2D eigenvalue weighted by atomic mass is 10.1. The minimum atomic E-state index is -0.576. The van der Waals surface area contributed by atoms with Crippen molar-refractivity contribution in [2.45, 2.75) is 25.9 Å². The van der Waals surface area contributed by atoms with Gasteiger partial charge in [-0.2, -0.15) is 0 Å². The van der Waals surface area contributed by atoms with Crippen molar-refractivity contribution in [1.29, 1.82) is 0 Å². The van der Waals surface area contributed by atoms with Crippen LogP contribution in [0, 0.1) is 11.7 Å². The van der Waals surface area contributed by atoms with Gasteiger partial charge in [0.1, 0.15) is 17.1 Å². The van der Waals surface area contributed by atoms with Crippen LogP contribution in [0.4, 0.5) is 4.39 Å². The number of likely N-dealkylation sites (tertiary alicyclic amines) is 1. The maximum Gasteiger partial charge on any atom is 0.343 e. The van der Waals surface area contributed by atoms with Crippen molar-refractivity contribution in [2.75, 3.05) is 40.4 Å². The molecule has 0 saturated carbocycles. The Kier molecular flexibility index (Phi) is 7.23. The van der Waals surface area contributed by atoms with Gasteiger partial charge in [0.05, 0.1) is 13.7 Å². The van der Waals surface area contributed by atoms with Crippen LogP contribution in [0.2, 0.25) is 5.02 Å². The molecule has 10 heteroatoms. The lowest BCUT2D eigenvalue weighted by Crippen LogP contribution is -2.29. The Morgan fingerprint density at radius 1 is 1.21 bits per heavy atom. The SMILES string of the molecule is COC(=O)c1c(OCC2CC(=O)N(C)C2)cc(=O)n2c1CCN(Cc1ccc(F)cc1Cl)CC2. The molecule has 1 aromatic carbocycles. The van der Waals surface area contributed by atoms with Crippen molar-refractivity contribution in [1.82, 2.24) is 14.4 Å². The molecule has 0 bridgehead atoms. The summed E-state index contributed by atoms with van der Waals surface area (Å²) < 4.78 is 25.9. The number of pyridine rings is 1. The minimum absolute atomic E-state index is 0.0134. The molecule has 1 atom stereocenters. The van der Waals surface area contributed by atoms with Gasteiger partial charge in [-0.05, 0) is 17.7 Å². The quantitative estimate of drug-likeness (QED) is 0.577. The molecule has 4 rings (SSSR count). The number of halogens is 2. The number of esters is 1. The van der Waals surface area contributed by atoms with E-state index in [-0.39, 0.29) is 35.3 Å². The predicted molar refractivity (Wildman–Crippen MR) is 124 cm³/mol. The standard InChI is InChI=1S/C24H27ClFN3O5/c1-27-12-15(9-21(27)30)14-34-20-11-22(31)29-8-7-28(6-5-19(29)23(20)24(32)33-2)13-16-3-4-17(26)10-18(16)25/h3-4,10-11,15H,5-9,12-14H2,1-2H3. The zero-order valence-corrected chi connectivity index (χ0v) is 19.9. The van der Waals surface area contributed by atoms with Crippen molar-refractivity contribution in [3.05, 3.63) is 62.3 Å². The molecular formula is C24H27ClFN3O5. The number of ether oxygens (including phenoxy) is 2. The molecule has 34 heavy (non-hydrogen) atoms. The fourth-order valence-electron chi connectivity index (χ4n) is 4.55. The van der Waals surface area contributed by atoms with Crippen molar-refractivity contribution in [2.24, 2.45) is 5.92 Å². The minimum Gasteiger partial charge on any atom is -0.492 e. The second-order valence-electron chi connectivity index (χ2n) is 8.73. The van der Waals surface area contributed by atoms with Crippen LogP contribution in [0.15, 0.2) is 29.1 Å². The average molecular weight is 492 g/mol. The van der Waals surface area contributed by atoms with Crippen molar-refractivity contribution in [3.63, 3.8) is 0 Å². The normalized spacial score (nSPS) is 18.5. The van der Waals surface area contributed by atoms with Gasteiger partial charge in [0.2, 0.25) is 5.91 Å². The number of nitrogens with zero attached hydrogens (tertiary/aromatic N) is 3. The number of rotatable bonds is 6. The van der Waals surface area contributed by atoms with Gasteiger partial charge >= 0.3 is 5.97 Å². The zero-order chi connectivity index (χ0) is 24.4. The molecule has 182 valence electrons. The number of methoxy groups -OCH3 is 1. The van der Waals surface area contributed by atoms with Crippen LogP contribution in [-0.4, -0.2) is 66.6 Å². The maximum atomic E-state index is 13.4. The molecule has 1 unspecified atom stereocenters. The first-order valence-corrected chi connectivity index (χ1v) is 11.5. The Hall–Kier alpha value is -2.91. The summed E-state index contributed by atoms with van der Waals surface area (Å²) in [6.45, 7) is 2.76.